The van der Waals surface area contributed by atoms with Crippen molar-refractivity contribution in [3.8, 4) is 0 Å². The van der Waals surface area contributed by atoms with Gasteiger partial charge in [0.1, 0.15) is 0 Å². The molecule has 1 amide bonds. The van der Waals surface area contributed by atoms with Crippen molar-refractivity contribution in [2.45, 2.75) is 18.1 Å². The lowest BCUT2D eigenvalue weighted by molar-refractivity contribution is 0.0691. The molecule has 0 atom stereocenters. The van der Waals surface area contributed by atoms with E-state index in [9.17, 15) is 9.59 Å². The van der Waals surface area contributed by atoms with E-state index in [1.165, 1.54) is 12.1 Å². The topological polar surface area (TPSA) is 57.6 Å². The molecule has 0 aliphatic carbocycles. The molecule has 1 aromatic carbocycles. The van der Waals surface area contributed by atoms with Crippen LogP contribution >= 0.6 is 11.8 Å². The smallest absolute Gasteiger partial charge is 0.335 e. The summed E-state index contributed by atoms with van der Waals surface area (Å²) in [6.45, 7) is 1.57. The van der Waals surface area contributed by atoms with E-state index in [2.05, 4.69) is 6.26 Å². The van der Waals surface area contributed by atoms with E-state index < -0.39 is 5.97 Å². The van der Waals surface area contributed by atoms with Crippen LogP contribution in [0.25, 0.3) is 0 Å². The van der Waals surface area contributed by atoms with Gasteiger partial charge in [-0.1, -0.05) is 0 Å². The van der Waals surface area contributed by atoms with Gasteiger partial charge in [-0.3, -0.25) is 4.79 Å². The number of carboxylic acids is 1. The Balaban J connectivity index is 2.02. The number of nitrogens with zero attached hydrogens (tertiary/aromatic N) is 1. The van der Waals surface area contributed by atoms with Gasteiger partial charge in [-0.2, -0.15) is 11.8 Å². The Bertz CT molecular complexity index is 464. The van der Waals surface area contributed by atoms with E-state index in [4.69, 9.17) is 5.11 Å². The molecule has 1 N–H and O–H groups in total. The number of carbonyl (C=O) groups is 2. The highest BCUT2D eigenvalue weighted by atomic mass is 32.2. The van der Waals surface area contributed by atoms with Crippen molar-refractivity contribution >= 4 is 23.6 Å². The predicted molar refractivity (Wildman–Crippen MR) is 75.8 cm³/mol. The summed E-state index contributed by atoms with van der Waals surface area (Å²) in [5.41, 5.74) is 0.769. The van der Waals surface area contributed by atoms with Crippen molar-refractivity contribution in [2.75, 3.05) is 19.3 Å². The number of hydrogen-bond donors (Lipinski definition) is 1. The molecule has 0 radical (unpaired) electrons. The summed E-state index contributed by atoms with van der Waals surface area (Å²) in [6.07, 6.45) is 4.16. The maximum absolute atomic E-state index is 12.2. The molecular weight excluding hydrogens is 262 g/mol. The second kappa shape index (κ2) is 6.10. The summed E-state index contributed by atoms with van der Waals surface area (Å²) in [5, 5.41) is 9.47. The number of amides is 1. The van der Waals surface area contributed by atoms with Gasteiger partial charge in [0, 0.05) is 23.9 Å². The molecule has 1 aromatic rings. The second-order valence-electron chi connectivity index (χ2n) is 4.61. The molecule has 2 rings (SSSR count). The highest BCUT2D eigenvalue weighted by Crippen LogP contribution is 2.22. The van der Waals surface area contributed by atoms with Crippen molar-refractivity contribution in [1.82, 2.24) is 4.90 Å². The Labute approximate surface area is 116 Å². The summed E-state index contributed by atoms with van der Waals surface area (Å²) >= 11 is 1.86. The molecule has 0 saturated carbocycles. The quantitative estimate of drug-likeness (QED) is 0.922. The third-order valence-corrected chi connectivity index (χ3v) is 4.58. The summed E-state index contributed by atoms with van der Waals surface area (Å²) in [7, 11) is 0. The summed E-state index contributed by atoms with van der Waals surface area (Å²) in [5.74, 6) is -0.976. The molecule has 102 valence electrons. The maximum Gasteiger partial charge on any atom is 0.335 e. The van der Waals surface area contributed by atoms with Gasteiger partial charge >= 0.3 is 5.97 Å². The van der Waals surface area contributed by atoms with Gasteiger partial charge in [-0.25, -0.2) is 4.79 Å². The van der Waals surface area contributed by atoms with Crippen molar-refractivity contribution in [3.05, 3.63) is 35.4 Å². The minimum absolute atomic E-state index is 0.00325. The number of hydrogen-bond acceptors (Lipinski definition) is 3. The van der Waals surface area contributed by atoms with E-state index in [0.29, 0.717) is 10.8 Å². The van der Waals surface area contributed by atoms with Crippen LogP contribution in [0.4, 0.5) is 0 Å². The Morgan fingerprint density at radius 3 is 2.16 bits per heavy atom. The van der Waals surface area contributed by atoms with Gasteiger partial charge in [0.15, 0.2) is 0 Å². The minimum Gasteiger partial charge on any atom is -0.478 e. The molecule has 1 fully saturated rings. The van der Waals surface area contributed by atoms with Crippen LogP contribution in [0.15, 0.2) is 24.3 Å². The van der Waals surface area contributed by atoms with Gasteiger partial charge in [0.2, 0.25) is 0 Å². The van der Waals surface area contributed by atoms with Crippen LogP contribution in [-0.2, 0) is 0 Å². The number of carbonyl (C=O) groups excluding carboxylic acids is 1. The molecule has 0 unspecified atom stereocenters. The molecule has 19 heavy (non-hydrogen) atoms. The first kappa shape index (κ1) is 13.9. The number of aromatic carboxylic acids is 1. The van der Waals surface area contributed by atoms with Crippen molar-refractivity contribution in [2.24, 2.45) is 0 Å². The van der Waals surface area contributed by atoms with Crippen LogP contribution in [0.2, 0.25) is 0 Å². The Morgan fingerprint density at radius 2 is 1.68 bits per heavy atom. The summed E-state index contributed by atoms with van der Waals surface area (Å²) < 4.78 is 0. The van der Waals surface area contributed by atoms with E-state index in [1.54, 1.807) is 12.1 Å². The lowest BCUT2D eigenvalue weighted by Crippen LogP contribution is -2.39. The Kier molecular flexibility index (Phi) is 4.47. The summed E-state index contributed by atoms with van der Waals surface area (Å²) in [4.78, 5) is 24.9. The van der Waals surface area contributed by atoms with E-state index >= 15 is 0 Å². The third kappa shape index (κ3) is 3.29. The lowest BCUT2D eigenvalue weighted by Gasteiger charge is -2.31. The molecule has 1 heterocycles. The SMILES string of the molecule is CSC1CCN(C(=O)c2ccc(C(=O)O)cc2)CC1. The first-order chi connectivity index (χ1) is 9.11. The van der Waals surface area contributed by atoms with Gasteiger partial charge < -0.3 is 10.0 Å². The molecule has 1 saturated heterocycles. The number of rotatable bonds is 3. The molecular formula is C14H17NO3S. The zero-order valence-electron chi connectivity index (χ0n) is 10.8. The van der Waals surface area contributed by atoms with Crippen LogP contribution in [0.5, 0.6) is 0 Å². The van der Waals surface area contributed by atoms with Gasteiger partial charge in [0.25, 0.3) is 5.91 Å². The van der Waals surface area contributed by atoms with Gasteiger partial charge in [0.05, 0.1) is 5.56 Å². The van der Waals surface area contributed by atoms with Crippen molar-refractivity contribution in [1.29, 1.82) is 0 Å². The first-order valence-electron chi connectivity index (χ1n) is 6.27. The zero-order chi connectivity index (χ0) is 13.8. The van der Waals surface area contributed by atoms with Crippen LogP contribution in [0.3, 0.4) is 0 Å². The van der Waals surface area contributed by atoms with Crippen LogP contribution in [0.1, 0.15) is 33.6 Å². The molecule has 4 nitrogen and oxygen atoms in total. The fourth-order valence-corrected chi connectivity index (χ4v) is 2.91. The van der Waals surface area contributed by atoms with Gasteiger partial charge in [-0.15, -0.1) is 0 Å². The van der Waals surface area contributed by atoms with Crippen LogP contribution < -0.4 is 0 Å². The number of likely N-dealkylation sites (tertiary alicyclic amines) is 1. The molecule has 0 bridgehead atoms. The van der Waals surface area contributed by atoms with E-state index in [1.807, 2.05) is 16.7 Å². The average molecular weight is 279 g/mol. The highest BCUT2D eigenvalue weighted by Gasteiger charge is 2.23. The predicted octanol–water partition coefficient (Wildman–Crippen LogP) is 2.35. The van der Waals surface area contributed by atoms with Gasteiger partial charge in [-0.05, 0) is 43.4 Å². The van der Waals surface area contributed by atoms with Crippen molar-refractivity contribution in [3.63, 3.8) is 0 Å². The van der Waals surface area contributed by atoms with E-state index in [-0.39, 0.29) is 11.5 Å². The highest BCUT2D eigenvalue weighted by molar-refractivity contribution is 7.99. The number of piperidine rings is 1. The standard InChI is InChI=1S/C14H17NO3S/c1-19-12-6-8-15(9-7-12)13(16)10-2-4-11(5-3-10)14(17)18/h2-5,12H,6-9H2,1H3,(H,17,18). The third-order valence-electron chi connectivity index (χ3n) is 3.44. The normalized spacial score (nSPS) is 16.4. The zero-order valence-corrected chi connectivity index (χ0v) is 11.7. The molecule has 0 spiro atoms. The van der Waals surface area contributed by atoms with Crippen LogP contribution in [-0.4, -0.2) is 46.5 Å². The number of thioether (sulfide) groups is 1. The fourth-order valence-electron chi connectivity index (χ4n) is 2.23. The van der Waals surface area contributed by atoms with Crippen molar-refractivity contribution < 1.29 is 14.7 Å². The van der Waals surface area contributed by atoms with Crippen LogP contribution in [0, 0.1) is 0 Å². The monoisotopic (exact) mass is 279 g/mol. The van der Waals surface area contributed by atoms with E-state index in [0.717, 1.165) is 25.9 Å². The molecule has 5 heteroatoms. The molecule has 0 aromatic heterocycles. The Morgan fingerprint density at radius 1 is 1.16 bits per heavy atom. The largest absolute Gasteiger partial charge is 0.478 e. The average Bonchev–Trinajstić information content (AvgIpc) is 2.46. The number of carboxylic acid groups (broad SMARTS) is 1. The fraction of sp³-hybridized carbons (Fsp3) is 0.429. The Hall–Kier alpha value is -1.49. The molecule has 1 aliphatic heterocycles. The lowest BCUT2D eigenvalue weighted by atomic mass is 10.1. The second-order valence-corrected chi connectivity index (χ2v) is 5.75. The first-order valence-corrected chi connectivity index (χ1v) is 7.56. The maximum atomic E-state index is 12.2. The molecule has 1 aliphatic rings. The minimum atomic E-state index is -0.972. The summed E-state index contributed by atoms with van der Waals surface area (Å²) in [6, 6.07) is 6.13. The number of benzene rings is 1.